The van der Waals surface area contributed by atoms with E-state index in [4.69, 9.17) is 6.42 Å². The molecule has 1 aromatic heterocycles. The van der Waals surface area contributed by atoms with Gasteiger partial charge in [0.15, 0.2) is 12.1 Å². The molecule has 0 saturated heterocycles. The second kappa shape index (κ2) is 2.93. The molecule has 0 aliphatic heterocycles. The first-order valence-corrected chi connectivity index (χ1v) is 2.85. The van der Waals surface area contributed by atoms with E-state index in [-0.39, 0.29) is 11.3 Å². The molecule has 0 aliphatic rings. The van der Waals surface area contributed by atoms with Gasteiger partial charge in [0, 0.05) is 0 Å². The summed E-state index contributed by atoms with van der Waals surface area (Å²) < 4.78 is 12.5. The molecule has 2 nitrogen and oxygen atoms in total. The molecule has 0 fully saturated rings. The van der Waals surface area contributed by atoms with Crippen LogP contribution in [0.15, 0.2) is 12.3 Å². The van der Waals surface area contributed by atoms with Gasteiger partial charge in [-0.2, -0.15) is 0 Å². The number of nitrogens with zero attached hydrogens (tertiary/aromatic N) is 1. The summed E-state index contributed by atoms with van der Waals surface area (Å²) in [6, 6.07) is 1.22. The van der Waals surface area contributed by atoms with Crippen molar-refractivity contribution in [2.24, 2.45) is 0 Å². The summed E-state index contributed by atoms with van der Waals surface area (Å²) in [6.07, 6.45) is 6.30. The molecule has 0 radical (unpaired) electrons. The first-order chi connectivity index (χ1) is 5.27. The van der Waals surface area contributed by atoms with Crippen molar-refractivity contribution in [3.05, 3.63) is 29.3 Å². The van der Waals surface area contributed by atoms with E-state index in [0.717, 1.165) is 6.20 Å². The maximum atomic E-state index is 12.5. The highest BCUT2D eigenvalue weighted by molar-refractivity contribution is 5.75. The highest BCUT2D eigenvalue weighted by Gasteiger charge is 2.00. The molecule has 11 heavy (non-hydrogen) atoms. The lowest BCUT2D eigenvalue weighted by Crippen LogP contribution is -1.91. The summed E-state index contributed by atoms with van der Waals surface area (Å²) in [4.78, 5) is 13.7. The highest BCUT2D eigenvalue weighted by Crippen LogP contribution is 2.03. The number of aromatic nitrogens is 1. The van der Waals surface area contributed by atoms with Crippen LogP contribution in [0.1, 0.15) is 16.1 Å². The van der Waals surface area contributed by atoms with Crippen molar-refractivity contribution in [2.45, 2.75) is 0 Å². The molecule has 0 atom stereocenters. The van der Waals surface area contributed by atoms with Gasteiger partial charge < -0.3 is 0 Å². The molecule has 0 saturated carbocycles. The number of hydrogen-bond acceptors (Lipinski definition) is 2. The van der Waals surface area contributed by atoms with E-state index in [1.54, 1.807) is 0 Å². The first kappa shape index (κ1) is 7.42. The quantitative estimate of drug-likeness (QED) is 0.440. The minimum absolute atomic E-state index is 0.0621. The Morgan fingerprint density at radius 2 is 2.45 bits per heavy atom. The van der Waals surface area contributed by atoms with E-state index in [0.29, 0.717) is 6.29 Å². The zero-order chi connectivity index (χ0) is 8.27. The van der Waals surface area contributed by atoms with Crippen LogP contribution in [0, 0.1) is 18.2 Å². The first-order valence-electron chi connectivity index (χ1n) is 2.85. The Bertz CT molecular complexity index is 327. The number of aldehydes is 1. The largest absolute Gasteiger partial charge is 0.298 e. The predicted octanol–water partition coefficient (Wildman–Crippen LogP) is 1.01. The number of rotatable bonds is 1. The van der Waals surface area contributed by atoms with Gasteiger partial charge in [0.1, 0.15) is 5.69 Å². The van der Waals surface area contributed by atoms with Crippen molar-refractivity contribution in [1.82, 2.24) is 4.98 Å². The van der Waals surface area contributed by atoms with Crippen LogP contribution in [0.4, 0.5) is 4.39 Å². The SMILES string of the molecule is C#Cc1cc(C=O)c(F)cn1. The molecular weight excluding hydrogens is 145 g/mol. The molecule has 1 rings (SSSR count). The van der Waals surface area contributed by atoms with Gasteiger partial charge in [0.2, 0.25) is 0 Å². The topological polar surface area (TPSA) is 30.0 Å². The molecule has 0 N–H and O–H groups in total. The molecule has 1 aromatic rings. The molecule has 0 bridgehead atoms. The molecule has 3 heteroatoms. The normalized spacial score (nSPS) is 8.73. The number of terminal acetylenes is 1. The standard InChI is InChI=1S/C8H4FNO/c1-2-7-3-6(5-11)8(9)4-10-7/h1,3-5H. The Labute approximate surface area is 63.1 Å². The average molecular weight is 149 g/mol. The van der Waals surface area contributed by atoms with Gasteiger partial charge in [-0.15, -0.1) is 6.42 Å². The van der Waals surface area contributed by atoms with Crippen molar-refractivity contribution in [1.29, 1.82) is 0 Å². The number of hydrogen-bond donors (Lipinski definition) is 0. The van der Waals surface area contributed by atoms with Crippen LogP contribution in [0.2, 0.25) is 0 Å². The summed E-state index contributed by atoms with van der Waals surface area (Å²) in [7, 11) is 0. The zero-order valence-corrected chi connectivity index (χ0v) is 5.54. The van der Waals surface area contributed by atoms with Crippen molar-refractivity contribution < 1.29 is 9.18 Å². The van der Waals surface area contributed by atoms with Gasteiger partial charge in [0.05, 0.1) is 11.8 Å². The highest BCUT2D eigenvalue weighted by atomic mass is 19.1. The Hall–Kier alpha value is -1.69. The maximum absolute atomic E-state index is 12.5. The van der Waals surface area contributed by atoms with E-state index in [2.05, 4.69) is 10.9 Å². The summed E-state index contributed by atoms with van der Waals surface area (Å²) in [5, 5.41) is 0. The smallest absolute Gasteiger partial charge is 0.153 e. The monoisotopic (exact) mass is 149 g/mol. The minimum atomic E-state index is -0.654. The van der Waals surface area contributed by atoms with Crippen LogP contribution in [0.3, 0.4) is 0 Å². The lowest BCUT2D eigenvalue weighted by molar-refractivity contribution is 0.111. The maximum Gasteiger partial charge on any atom is 0.153 e. The molecule has 54 valence electrons. The Morgan fingerprint density at radius 1 is 1.73 bits per heavy atom. The van der Waals surface area contributed by atoms with Gasteiger partial charge in [-0.25, -0.2) is 9.37 Å². The lowest BCUT2D eigenvalue weighted by Gasteiger charge is -1.92. The van der Waals surface area contributed by atoms with Gasteiger partial charge in [-0.3, -0.25) is 4.79 Å². The fraction of sp³-hybridized carbons (Fsp3) is 0. The second-order valence-corrected chi connectivity index (χ2v) is 1.85. The van der Waals surface area contributed by atoms with E-state index >= 15 is 0 Å². The summed E-state index contributed by atoms with van der Waals surface area (Å²) >= 11 is 0. The Morgan fingerprint density at radius 3 is 3.00 bits per heavy atom. The van der Waals surface area contributed by atoms with Crippen LogP contribution in [-0.4, -0.2) is 11.3 Å². The van der Waals surface area contributed by atoms with E-state index < -0.39 is 5.82 Å². The lowest BCUT2D eigenvalue weighted by atomic mass is 10.2. The number of halogens is 1. The second-order valence-electron chi connectivity index (χ2n) is 1.85. The van der Waals surface area contributed by atoms with Crippen LogP contribution in [0.5, 0.6) is 0 Å². The molecular formula is C8H4FNO. The third-order valence-electron chi connectivity index (χ3n) is 1.16. The van der Waals surface area contributed by atoms with Crippen molar-refractivity contribution in [3.8, 4) is 12.3 Å². The molecule has 0 spiro atoms. The summed E-state index contributed by atoms with van der Waals surface area (Å²) in [5.74, 6) is 1.54. The Kier molecular flexibility index (Phi) is 1.98. The van der Waals surface area contributed by atoms with Crippen LogP contribution < -0.4 is 0 Å². The van der Waals surface area contributed by atoms with E-state index in [1.807, 2.05) is 0 Å². The van der Waals surface area contributed by atoms with Gasteiger partial charge in [-0.1, -0.05) is 5.92 Å². The molecule has 0 aromatic carbocycles. The van der Waals surface area contributed by atoms with E-state index in [9.17, 15) is 9.18 Å². The number of carbonyl (C=O) groups is 1. The van der Waals surface area contributed by atoms with Gasteiger partial charge in [-0.05, 0) is 6.07 Å². The average Bonchev–Trinajstić information content (AvgIpc) is 2.05. The van der Waals surface area contributed by atoms with Crippen molar-refractivity contribution in [2.75, 3.05) is 0 Å². The predicted molar refractivity (Wildman–Crippen MR) is 37.5 cm³/mol. The van der Waals surface area contributed by atoms with Crippen molar-refractivity contribution in [3.63, 3.8) is 0 Å². The molecule has 0 amide bonds. The zero-order valence-electron chi connectivity index (χ0n) is 5.54. The van der Waals surface area contributed by atoms with Crippen LogP contribution in [-0.2, 0) is 0 Å². The summed E-state index contributed by atoms with van der Waals surface area (Å²) in [6.45, 7) is 0. The third kappa shape index (κ3) is 1.41. The van der Waals surface area contributed by atoms with Gasteiger partial charge in [0.25, 0.3) is 0 Å². The Balaban J connectivity index is 3.25. The third-order valence-corrected chi connectivity index (χ3v) is 1.16. The summed E-state index contributed by atoms with van der Waals surface area (Å²) in [5.41, 5.74) is 0.196. The minimum Gasteiger partial charge on any atom is -0.298 e. The van der Waals surface area contributed by atoms with Crippen molar-refractivity contribution >= 4 is 6.29 Å². The fourth-order valence-electron chi connectivity index (χ4n) is 0.624. The molecule has 0 aliphatic carbocycles. The van der Waals surface area contributed by atoms with E-state index in [1.165, 1.54) is 6.07 Å². The fourth-order valence-corrected chi connectivity index (χ4v) is 0.624. The molecule has 1 heterocycles. The van der Waals surface area contributed by atoms with Crippen LogP contribution >= 0.6 is 0 Å². The number of pyridine rings is 1. The number of carbonyl (C=O) groups excluding carboxylic acids is 1. The van der Waals surface area contributed by atoms with Gasteiger partial charge >= 0.3 is 0 Å². The molecule has 0 unspecified atom stereocenters. The van der Waals surface area contributed by atoms with Crippen LogP contribution in [0.25, 0.3) is 0 Å².